The van der Waals surface area contributed by atoms with Gasteiger partial charge in [-0.15, -0.1) is 0 Å². The second-order valence-corrected chi connectivity index (χ2v) is 5.14. The van der Waals surface area contributed by atoms with Gasteiger partial charge in [0.2, 0.25) is 0 Å². The molecule has 0 saturated heterocycles. The van der Waals surface area contributed by atoms with Gasteiger partial charge in [0.25, 0.3) is 5.69 Å². The third-order valence-corrected chi connectivity index (χ3v) is 3.65. The molecule has 0 radical (unpaired) electrons. The van der Waals surface area contributed by atoms with E-state index in [1.165, 1.54) is 11.6 Å². The van der Waals surface area contributed by atoms with Crippen molar-refractivity contribution in [2.75, 3.05) is 11.9 Å². The first kappa shape index (κ1) is 13.4. The Hall–Kier alpha value is -2.56. The summed E-state index contributed by atoms with van der Waals surface area (Å²) < 4.78 is 5.48. The fourth-order valence-electron chi connectivity index (χ4n) is 2.52. The van der Waals surface area contributed by atoms with Crippen LogP contribution in [-0.2, 0) is 6.42 Å². The van der Waals surface area contributed by atoms with Crippen molar-refractivity contribution in [3.63, 3.8) is 0 Å². The Morgan fingerprint density at radius 1 is 1.29 bits per heavy atom. The van der Waals surface area contributed by atoms with Crippen LogP contribution in [0.5, 0.6) is 5.75 Å². The summed E-state index contributed by atoms with van der Waals surface area (Å²) in [5.74, 6) is 0.948. The van der Waals surface area contributed by atoms with E-state index in [9.17, 15) is 10.1 Å². The van der Waals surface area contributed by atoms with Crippen molar-refractivity contribution in [3.05, 3.63) is 63.7 Å². The number of rotatable bonds is 4. The van der Waals surface area contributed by atoms with Crippen LogP contribution in [0, 0.1) is 10.1 Å². The lowest BCUT2D eigenvalue weighted by Crippen LogP contribution is -2.07. The third kappa shape index (κ3) is 2.81. The molecule has 0 amide bonds. The summed E-state index contributed by atoms with van der Waals surface area (Å²) in [6.45, 7) is 2.72. The standard InChI is InChI=1S/C16H16N2O3/c1-11(12-3-2-4-15(10-12)18(19)20)17-14-5-6-16-13(9-14)7-8-21-16/h2-6,9-11,17H,7-8H2,1H3. The van der Waals surface area contributed by atoms with E-state index in [0.717, 1.165) is 30.0 Å². The molecular formula is C16H16N2O3. The average molecular weight is 284 g/mol. The predicted octanol–water partition coefficient (Wildman–Crippen LogP) is 3.70. The van der Waals surface area contributed by atoms with E-state index in [2.05, 4.69) is 11.4 Å². The topological polar surface area (TPSA) is 64.4 Å². The van der Waals surface area contributed by atoms with Gasteiger partial charge in [0.15, 0.2) is 0 Å². The lowest BCUT2D eigenvalue weighted by Gasteiger charge is -2.16. The molecule has 0 fully saturated rings. The Morgan fingerprint density at radius 2 is 2.14 bits per heavy atom. The molecule has 5 nitrogen and oxygen atoms in total. The molecule has 0 aliphatic carbocycles. The Kier molecular flexibility index (Phi) is 3.48. The van der Waals surface area contributed by atoms with E-state index in [1.54, 1.807) is 12.1 Å². The highest BCUT2D eigenvalue weighted by molar-refractivity contribution is 5.53. The normalized spacial score (nSPS) is 14.1. The minimum Gasteiger partial charge on any atom is -0.493 e. The Labute approximate surface area is 122 Å². The molecule has 0 saturated carbocycles. The second kappa shape index (κ2) is 5.44. The first-order valence-corrected chi connectivity index (χ1v) is 6.90. The van der Waals surface area contributed by atoms with Crippen LogP contribution in [0.4, 0.5) is 11.4 Å². The van der Waals surface area contributed by atoms with Crippen LogP contribution in [0.2, 0.25) is 0 Å². The van der Waals surface area contributed by atoms with Crippen molar-refractivity contribution in [3.8, 4) is 5.75 Å². The summed E-state index contributed by atoms with van der Waals surface area (Å²) in [5, 5.41) is 14.2. The summed E-state index contributed by atoms with van der Waals surface area (Å²) in [5.41, 5.74) is 3.20. The number of ether oxygens (including phenoxy) is 1. The van der Waals surface area contributed by atoms with E-state index in [1.807, 2.05) is 25.1 Å². The SMILES string of the molecule is CC(Nc1ccc2c(c1)CCO2)c1cccc([N+](=O)[O-])c1. The number of hydrogen-bond acceptors (Lipinski definition) is 4. The minimum atomic E-state index is -0.372. The zero-order valence-electron chi connectivity index (χ0n) is 11.7. The van der Waals surface area contributed by atoms with Gasteiger partial charge in [-0.1, -0.05) is 12.1 Å². The zero-order chi connectivity index (χ0) is 14.8. The fourth-order valence-corrected chi connectivity index (χ4v) is 2.52. The highest BCUT2D eigenvalue weighted by Crippen LogP contribution is 2.30. The number of anilines is 1. The molecule has 2 aromatic rings. The van der Waals surface area contributed by atoms with E-state index in [0.29, 0.717) is 0 Å². The highest BCUT2D eigenvalue weighted by Gasteiger charge is 2.14. The van der Waals surface area contributed by atoms with E-state index in [-0.39, 0.29) is 16.7 Å². The van der Waals surface area contributed by atoms with Gasteiger partial charge in [-0.05, 0) is 36.2 Å². The van der Waals surface area contributed by atoms with Gasteiger partial charge in [-0.25, -0.2) is 0 Å². The number of nitro groups is 1. The van der Waals surface area contributed by atoms with Crippen LogP contribution in [0.1, 0.15) is 24.1 Å². The molecule has 0 aromatic heterocycles. The molecule has 1 atom stereocenters. The molecule has 108 valence electrons. The fraction of sp³-hybridized carbons (Fsp3) is 0.250. The summed E-state index contributed by atoms with van der Waals surface area (Å²) >= 11 is 0. The molecule has 3 rings (SSSR count). The maximum Gasteiger partial charge on any atom is 0.269 e. The lowest BCUT2D eigenvalue weighted by molar-refractivity contribution is -0.384. The van der Waals surface area contributed by atoms with Gasteiger partial charge in [0.05, 0.1) is 11.5 Å². The predicted molar refractivity (Wildman–Crippen MR) is 80.8 cm³/mol. The third-order valence-electron chi connectivity index (χ3n) is 3.65. The van der Waals surface area contributed by atoms with Crippen LogP contribution in [0.3, 0.4) is 0 Å². The van der Waals surface area contributed by atoms with Crippen molar-refractivity contribution in [1.82, 2.24) is 0 Å². The molecule has 1 unspecified atom stereocenters. The number of benzene rings is 2. The number of nitrogens with one attached hydrogen (secondary N) is 1. The molecular weight excluding hydrogens is 268 g/mol. The molecule has 21 heavy (non-hydrogen) atoms. The highest BCUT2D eigenvalue weighted by atomic mass is 16.6. The molecule has 1 aliphatic heterocycles. The maximum atomic E-state index is 10.8. The number of nitrogens with zero attached hydrogens (tertiary/aromatic N) is 1. The van der Waals surface area contributed by atoms with Crippen molar-refractivity contribution < 1.29 is 9.66 Å². The Bertz CT molecular complexity index is 685. The van der Waals surface area contributed by atoms with Gasteiger partial charge in [0, 0.05) is 30.3 Å². The summed E-state index contributed by atoms with van der Waals surface area (Å²) in [6.07, 6.45) is 0.927. The monoisotopic (exact) mass is 284 g/mol. The summed E-state index contributed by atoms with van der Waals surface area (Å²) in [6, 6.07) is 12.7. The van der Waals surface area contributed by atoms with E-state index < -0.39 is 0 Å². The van der Waals surface area contributed by atoms with Crippen molar-refractivity contribution >= 4 is 11.4 Å². The van der Waals surface area contributed by atoms with Gasteiger partial charge in [-0.3, -0.25) is 10.1 Å². The maximum absolute atomic E-state index is 10.8. The van der Waals surface area contributed by atoms with Crippen molar-refractivity contribution in [1.29, 1.82) is 0 Å². The Balaban J connectivity index is 1.78. The van der Waals surface area contributed by atoms with E-state index in [4.69, 9.17) is 4.74 Å². The Morgan fingerprint density at radius 3 is 2.95 bits per heavy atom. The van der Waals surface area contributed by atoms with Gasteiger partial charge in [-0.2, -0.15) is 0 Å². The smallest absolute Gasteiger partial charge is 0.269 e. The largest absolute Gasteiger partial charge is 0.493 e. The van der Waals surface area contributed by atoms with Crippen LogP contribution in [-0.4, -0.2) is 11.5 Å². The summed E-state index contributed by atoms with van der Waals surface area (Å²) in [7, 11) is 0. The minimum absolute atomic E-state index is 0.00901. The van der Waals surface area contributed by atoms with Crippen molar-refractivity contribution in [2.45, 2.75) is 19.4 Å². The average Bonchev–Trinajstić information content (AvgIpc) is 2.95. The molecule has 1 heterocycles. The van der Waals surface area contributed by atoms with Crippen molar-refractivity contribution in [2.24, 2.45) is 0 Å². The van der Waals surface area contributed by atoms with E-state index >= 15 is 0 Å². The van der Waals surface area contributed by atoms with Gasteiger partial charge in [0.1, 0.15) is 5.75 Å². The van der Waals surface area contributed by atoms with Gasteiger partial charge < -0.3 is 10.1 Å². The van der Waals surface area contributed by atoms with Gasteiger partial charge >= 0.3 is 0 Å². The van der Waals surface area contributed by atoms with Crippen LogP contribution in [0.25, 0.3) is 0 Å². The summed E-state index contributed by atoms with van der Waals surface area (Å²) in [4.78, 5) is 10.5. The number of fused-ring (bicyclic) bond motifs is 1. The number of non-ortho nitro benzene ring substituents is 1. The first-order chi connectivity index (χ1) is 10.1. The molecule has 1 aliphatic rings. The molecule has 2 aromatic carbocycles. The molecule has 0 spiro atoms. The number of hydrogen-bond donors (Lipinski definition) is 1. The quantitative estimate of drug-likeness (QED) is 0.686. The second-order valence-electron chi connectivity index (χ2n) is 5.14. The molecule has 0 bridgehead atoms. The van der Waals surface area contributed by atoms with Crippen LogP contribution in [0.15, 0.2) is 42.5 Å². The lowest BCUT2D eigenvalue weighted by atomic mass is 10.1. The van der Waals surface area contributed by atoms with Crippen LogP contribution >= 0.6 is 0 Å². The number of nitro benzene ring substituents is 1. The van der Waals surface area contributed by atoms with Crippen LogP contribution < -0.4 is 10.1 Å². The molecule has 5 heteroatoms. The zero-order valence-corrected chi connectivity index (χ0v) is 11.7. The first-order valence-electron chi connectivity index (χ1n) is 6.90. The molecule has 1 N–H and O–H groups in total.